The Labute approximate surface area is 165 Å². The molecule has 0 N–H and O–H groups in total. The maximum atomic E-state index is 2.84. The van der Waals surface area contributed by atoms with Gasteiger partial charge >= 0.3 is 0 Å². The van der Waals surface area contributed by atoms with Crippen molar-refractivity contribution in [1.82, 2.24) is 14.7 Å². The molecule has 26 heavy (non-hydrogen) atoms. The molecule has 3 heteroatoms. The summed E-state index contributed by atoms with van der Waals surface area (Å²) in [4.78, 5) is 7.84. The standard InChI is InChI=1S/C23H49N3/c1-5-7-9-11-13-16-23(15-12-10-8-6-2)26-21-19-25(20-22-26)18-14-17-24(3)4/h23H,5-22H2,1-4H3. The molecule has 0 spiro atoms. The van der Waals surface area contributed by atoms with E-state index in [1.165, 1.54) is 116 Å². The highest BCUT2D eigenvalue weighted by Gasteiger charge is 2.23. The van der Waals surface area contributed by atoms with Gasteiger partial charge in [-0.3, -0.25) is 4.90 Å². The molecular weight excluding hydrogens is 318 g/mol. The number of hydrogen-bond acceptors (Lipinski definition) is 3. The molecule has 0 aromatic carbocycles. The average Bonchev–Trinajstić information content (AvgIpc) is 2.64. The van der Waals surface area contributed by atoms with E-state index in [2.05, 4.69) is 42.6 Å². The van der Waals surface area contributed by atoms with Crippen LogP contribution in [0.25, 0.3) is 0 Å². The summed E-state index contributed by atoms with van der Waals surface area (Å²) in [6.45, 7) is 12.3. The zero-order valence-electron chi connectivity index (χ0n) is 18.6. The van der Waals surface area contributed by atoms with Crippen LogP contribution in [0.1, 0.15) is 90.9 Å². The molecule has 0 amide bonds. The summed E-state index contributed by atoms with van der Waals surface area (Å²) in [5.41, 5.74) is 0. The predicted molar refractivity (Wildman–Crippen MR) is 117 cm³/mol. The van der Waals surface area contributed by atoms with E-state index in [-0.39, 0.29) is 0 Å². The minimum atomic E-state index is 0.859. The number of piperazine rings is 1. The van der Waals surface area contributed by atoms with Crippen LogP contribution in [-0.2, 0) is 0 Å². The highest BCUT2D eigenvalue weighted by atomic mass is 15.3. The van der Waals surface area contributed by atoms with Crippen molar-refractivity contribution in [2.45, 2.75) is 96.9 Å². The van der Waals surface area contributed by atoms with Crippen molar-refractivity contribution >= 4 is 0 Å². The lowest BCUT2D eigenvalue weighted by Gasteiger charge is -2.39. The Bertz CT molecular complexity index is 298. The van der Waals surface area contributed by atoms with Crippen LogP contribution >= 0.6 is 0 Å². The second-order valence-electron chi connectivity index (χ2n) is 8.74. The highest BCUT2D eigenvalue weighted by molar-refractivity contribution is 4.79. The van der Waals surface area contributed by atoms with Gasteiger partial charge in [-0.05, 0) is 46.4 Å². The Kier molecular flexibility index (Phi) is 14.6. The maximum Gasteiger partial charge on any atom is 0.0113 e. The van der Waals surface area contributed by atoms with Crippen molar-refractivity contribution in [3.63, 3.8) is 0 Å². The molecule has 1 unspecified atom stereocenters. The predicted octanol–water partition coefficient (Wildman–Crippen LogP) is 5.26. The van der Waals surface area contributed by atoms with Gasteiger partial charge in [0.2, 0.25) is 0 Å². The van der Waals surface area contributed by atoms with Crippen LogP contribution in [0.4, 0.5) is 0 Å². The van der Waals surface area contributed by atoms with Crippen molar-refractivity contribution in [1.29, 1.82) is 0 Å². The Balaban J connectivity index is 2.30. The normalized spacial score (nSPS) is 17.9. The molecule has 1 fully saturated rings. The van der Waals surface area contributed by atoms with E-state index in [1.54, 1.807) is 0 Å². The van der Waals surface area contributed by atoms with Crippen LogP contribution in [-0.4, -0.2) is 74.1 Å². The van der Waals surface area contributed by atoms with Crippen molar-refractivity contribution < 1.29 is 0 Å². The fourth-order valence-corrected chi connectivity index (χ4v) is 4.26. The van der Waals surface area contributed by atoms with Gasteiger partial charge in [0.05, 0.1) is 0 Å². The maximum absolute atomic E-state index is 2.84. The van der Waals surface area contributed by atoms with Crippen LogP contribution in [0.15, 0.2) is 0 Å². The van der Waals surface area contributed by atoms with Crippen LogP contribution in [0.2, 0.25) is 0 Å². The van der Waals surface area contributed by atoms with Gasteiger partial charge in [-0.15, -0.1) is 0 Å². The average molecular weight is 368 g/mol. The van der Waals surface area contributed by atoms with E-state index in [0.29, 0.717) is 0 Å². The van der Waals surface area contributed by atoms with E-state index in [9.17, 15) is 0 Å². The summed E-state index contributed by atoms with van der Waals surface area (Å²) in [7, 11) is 4.36. The number of hydrogen-bond donors (Lipinski definition) is 0. The minimum absolute atomic E-state index is 0.859. The van der Waals surface area contributed by atoms with E-state index >= 15 is 0 Å². The topological polar surface area (TPSA) is 9.72 Å². The lowest BCUT2D eigenvalue weighted by molar-refractivity contribution is 0.0838. The van der Waals surface area contributed by atoms with E-state index in [4.69, 9.17) is 0 Å². The second-order valence-corrected chi connectivity index (χ2v) is 8.74. The molecular formula is C23H49N3. The molecule has 156 valence electrons. The summed E-state index contributed by atoms with van der Waals surface area (Å²) in [5, 5.41) is 0. The molecule has 0 bridgehead atoms. The third-order valence-corrected chi connectivity index (χ3v) is 6.03. The first kappa shape index (κ1) is 23.9. The fourth-order valence-electron chi connectivity index (χ4n) is 4.26. The highest BCUT2D eigenvalue weighted by Crippen LogP contribution is 2.20. The molecule has 0 radical (unpaired) electrons. The molecule has 1 rings (SSSR count). The number of nitrogens with zero attached hydrogens (tertiary/aromatic N) is 3. The number of rotatable bonds is 16. The van der Waals surface area contributed by atoms with Crippen LogP contribution in [0.3, 0.4) is 0 Å². The molecule has 1 heterocycles. The summed E-state index contributed by atoms with van der Waals surface area (Å²) >= 11 is 0. The molecule has 0 aromatic heterocycles. The second kappa shape index (κ2) is 15.9. The third kappa shape index (κ3) is 11.6. The Morgan fingerprint density at radius 2 is 1.23 bits per heavy atom. The smallest absolute Gasteiger partial charge is 0.0113 e. The summed E-state index contributed by atoms with van der Waals surface area (Å²) in [5.74, 6) is 0. The molecule has 0 aromatic rings. The van der Waals surface area contributed by atoms with Crippen molar-refractivity contribution in [3.8, 4) is 0 Å². The largest absolute Gasteiger partial charge is 0.309 e. The summed E-state index contributed by atoms with van der Waals surface area (Å²) < 4.78 is 0. The van der Waals surface area contributed by atoms with Crippen molar-refractivity contribution in [2.24, 2.45) is 0 Å². The molecule has 1 aliphatic heterocycles. The zero-order valence-corrected chi connectivity index (χ0v) is 18.6. The van der Waals surface area contributed by atoms with Gasteiger partial charge in [-0.1, -0.05) is 71.6 Å². The van der Waals surface area contributed by atoms with E-state index in [1.807, 2.05) is 0 Å². The van der Waals surface area contributed by atoms with E-state index in [0.717, 1.165) is 6.04 Å². The first-order valence-electron chi connectivity index (χ1n) is 11.8. The summed E-state index contributed by atoms with van der Waals surface area (Å²) in [6, 6.07) is 0.859. The van der Waals surface area contributed by atoms with E-state index < -0.39 is 0 Å². The van der Waals surface area contributed by atoms with Crippen LogP contribution in [0.5, 0.6) is 0 Å². The van der Waals surface area contributed by atoms with Gasteiger partial charge in [0.25, 0.3) is 0 Å². The van der Waals surface area contributed by atoms with Crippen molar-refractivity contribution in [3.05, 3.63) is 0 Å². The first-order valence-corrected chi connectivity index (χ1v) is 11.8. The molecule has 1 atom stereocenters. The fraction of sp³-hybridized carbons (Fsp3) is 1.00. The Morgan fingerprint density at radius 1 is 0.692 bits per heavy atom. The molecule has 0 aliphatic carbocycles. The SMILES string of the molecule is CCCCCCCC(CCCCCC)N1CCN(CCCN(C)C)CC1. The van der Waals surface area contributed by atoms with Gasteiger partial charge in [0.15, 0.2) is 0 Å². The number of unbranched alkanes of at least 4 members (excludes halogenated alkanes) is 7. The van der Waals surface area contributed by atoms with Crippen LogP contribution in [0, 0.1) is 0 Å². The van der Waals surface area contributed by atoms with Gasteiger partial charge in [0.1, 0.15) is 0 Å². The molecule has 1 saturated heterocycles. The van der Waals surface area contributed by atoms with Crippen molar-refractivity contribution in [2.75, 3.05) is 53.4 Å². The molecule has 0 saturated carbocycles. The van der Waals surface area contributed by atoms with Gasteiger partial charge in [-0.25, -0.2) is 0 Å². The third-order valence-electron chi connectivity index (χ3n) is 6.03. The molecule has 3 nitrogen and oxygen atoms in total. The Hall–Kier alpha value is -0.120. The quantitative estimate of drug-likeness (QED) is 0.345. The van der Waals surface area contributed by atoms with Crippen LogP contribution < -0.4 is 0 Å². The van der Waals surface area contributed by atoms with Gasteiger partial charge in [0, 0.05) is 32.2 Å². The monoisotopic (exact) mass is 367 g/mol. The lowest BCUT2D eigenvalue weighted by Crippen LogP contribution is -2.50. The molecule has 1 aliphatic rings. The first-order chi connectivity index (χ1) is 12.7. The zero-order chi connectivity index (χ0) is 19.0. The van der Waals surface area contributed by atoms with Gasteiger partial charge < -0.3 is 9.80 Å². The Morgan fingerprint density at radius 3 is 1.77 bits per heavy atom. The minimum Gasteiger partial charge on any atom is -0.309 e. The lowest BCUT2D eigenvalue weighted by atomic mass is 9.98. The van der Waals surface area contributed by atoms with Gasteiger partial charge in [-0.2, -0.15) is 0 Å². The summed E-state index contributed by atoms with van der Waals surface area (Å²) in [6.07, 6.45) is 17.0.